The average molecular weight is 250 g/mol. The molecule has 0 radical (unpaired) electrons. The number of aromatic nitrogens is 1. The predicted octanol–water partition coefficient (Wildman–Crippen LogP) is 2.32. The van der Waals surface area contributed by atoms with Crippen LogP contribution in [0.1, 0.15) is 43.0 Å². The molecule has 3 N–H and O–H groups in total. The summed E-state index contributed by atoms with van der Waals surface area (Å²) in [5, 5.41) is 9.09. The van der Waals surface area contributed by atoms with E-state index in [0.29, 0.717) is 5.69 Å². The Bertz CT molecular complexity index is 440. The van der Waals surface area contributed by atoms with E-state index >= 15 is 0 Å². The third-order valence-electron chi connectivity index (χ3n) is 3.34. The Morgan fingerprint density at radius 3 is 2.72 bits per heavy atom. The van der Waals surface area contributed by atoms with Gasteiger partial charge in [0.05, 0.1) is 11.9 Å². The van der Waals surface area contributed by atoms with Gasteiger partial charge in [-0.3, -0.25) is 0 Å². The number of ether oxygens (including phenoxy) is 1. The van der Waals surface area contributed by atoms with Crippen molar-refractivity contribution in [3.63, 3.8) is 0 Å². The van der Waals surface area contributed by atoms with Crippen molar-refractivity contribution in [3.05, 3.63) is 17.8 Å². The minimum atomic E-state index is -1.06. The lowest BCUT2D eigenvalue weighted by Gasteiger charge is -2.26. The van der Waals surface area contributed by atoms with E-state index in [1.807, 2.05) is 0 Å². The highest BCUT2D eigenvalue weighted by atomic mass is 16.5. The Labute approximate surface area is 106 Å². The van der Waals surface area contributed by atoms with Crippen molar-refractivity contribution < 1.29 is 14.6 Å². The van der Waals surface area contributed by atoms with Gasteiger partial charge in [0.25, 0.3) is 0 Å². The lowest BCUT2D eigenvalue weighted by molar-refractivity contribution is 0.0681. The molecular formula is C13H18N2O3. The van der Waals surface area contributed by atoms with E-state index in [1.165, 1.54) is 12.3 Å². The number of carboxylic acid groups (broad SMARTS) is 1. The summed E-state index contributed by atoms with van der Waals surface area (Å²) in [4.78, 5) is 15.1. The Kier molecular flexibility index (Phi) is 3.69. The van der Waals surface area contributed by atoms with Gasteiger partial charge in [0.2, 0.25) is 5.88 Å². The molecule has 0 unspecified atom stereocenters. The monoisotopic (exact) mass is 250 g/mol. The highest BCUT2D eigenvalue weighted by molar-refractivity contribution is 5.91. The van der Waals surface area contributed by atoms with Gasteiger partial charge >= 0.3 is 5.97 Å². The number of carbonyl (C=O) groups is 1. The molecule has 1 aliphatic rings. The number of nitrogens with two attached hydrogens (primary N) is 1. The van der Waals surface area contributed by atoms with Crippen LogP contribution in [0.15, 0.2) is 12.3 Å². The summed E-state index contributed by atoms with van der Waals surface area (Å²) in [5.41, 5.74) is 5.90. The maximum absolute atomic E-state index is 11.1. The molecule has 1 heterocycles. The van der Waals surface area contributed by atoms with Crippen molar-refractivity contribution in [1.29, 1.82) is 0 Å². The number of nitrogens with zero attached hydrogens (tertiary/aromatic N) is 1. The molecular weight excluding hydrogens is 232 g/mol. The standard InChI is InChI=1S/C13H18N2O3/c1-8-2-4-10(5-3-8)18-12-11(13(16)17)6-9(14)7-15-12/h6-8,10H,2-5,14H2,1H3,(H,16,17). The van der Waals surface area contributed by atoms with E-state index in [9.17, 15) is 4.79 Å². The van der Waals surface area contributed by atoms with E-state index in [1.54, 1.807) is 0 Å². The minimum absolute atomic E-state index is 0.0358. The van der Waals surface area contributed by atoms with Crippen molar-refractivity contribution in [1.82, 2.24) is 4.98 Å². The number of hydrogen-bond acceptors (Lipinski definition) is 4. The number of aromatic carboxylic acids is 1. The first-order valence-corrected chi connectivity index (χ1v) is 6.21. The van der Waals surface area contributed by atoms with Gasteiger partial charge in [-0.2, -0.15) is 0 Å². The van der Waals surface area contributed by atoms with Crippen LogP contribution in [0.25, 0.3) is 0 Å². The quantitative estimate of drug-likeness (QED) is 0.859. The van der Waals surface area contributed by atoms with E-state index in [4.69, 9.17) is 15.6 Å². The molecule has 0 bridgehead atoms. The lowest BCUT2D eigenvalue weighted by Crippen LogP contribution is -2.24. The SMILES string of the molecule is CC1CCC(Oc2ncc(N)cc2C(=O)O)CC1. The Morgan fingerprint density at radius 1 is 1.44 bits per heavy atom. The van der Waals surface area contributed by atoms with Gasteiger partial charge in [-0.05, 0) is 37.7 Å². The fourth-order valence-corrected chi connectivity index (χ4v) is 2.22. The normalized spacial score (nSPS) is 23.6. The smallest absolute Gasteiger partial charge is 0.341 e. The summed E-state index contributed by atoms with van der Waals surface area (Å²) in [5.74, 6) is -0.159. The highest BCUT2D eigenvalue weighted by Gasteiger charge is 2.22. The zero-order valence-electron chi connectivity index (χ0n) is 10.4. The molecule has 1 aromatic rings. The second kappa shape index (κ2) is 5.25. The third kappa shape index (κ3) is 2.91. The first-order valence-electron chi connectivity index (χ1n) is 6.21. The molecule has 5 heteroatoms. The van der Waals surface area contributed by atoms with Crippen LogP contribution in [-0.4, -0.2) is 22.2 Å². The van der Waals surface area contributed by atoms with Crippen molar-refractivity contribution in [3.8, 4) is 5.88 Å². The van der Waals surface area contributed by atoms with Crippen molar-refractivity contribution in [2.45, 2.75) is 38.7 Å². The van der Waals surface area contributed by atoms with Gasteiger partial charge < -0.3 is 15.6 Å². The maximum Gasteiger partial charge on any atom is 0.341 e. The van der Waals surface area contributed by atoms with Crippen LogP contribution >= 0.6 is 0 Å². The number of pyridine rings is 1. The largest absolute Gasteiger partial charge is 0.477 e. The van der Waals surface area contributed by atoms with Crippen molar-refractivity contribution >= 4 is 11.7 Å². The van der Waals surface area contributed by atoms with Gasteiger partial charge in [-0.15, -0.1) is 0 Å². The summed E-state index contributed by atoms with van der Waals surface area (Å²) in [6, 6.07) is 1.39. The van der Waals surface area contributed by atoms with E-state index < -0.39 is 5.97 Å². The average Bonchev–Trinajstić information content (AvgIpc) is 2.34. The number of nitrogen functional groups attached to an aromatic ring is 1. The Hall–Kier alpha value is -1.78. The number of anilines is 1. The molecule has 0 saturated heterocycles. The third-order valence-corrected chi connectivity index (χ3v) is 3.34. The highest BCUT2D eigenvalue weighted by Crippen LogP contribution is 2.28. The predicted molar refractivity (Wildman–Crippen MR) is 67.7 cm³/mol. The van der Waals surface area contributed by atoms with Gasteiger partial charge in [-0.25, -0.2) is 9.78 Å². The Balaban J connectivity index is 2.11. The maximum atomic E-state index is 11.1. The number of rotatable bonds is 3. The summed E-state index contributed by atoms with van der Waals surface area (Å²) in [6.07, 6.45) is 5.62. The molecule has 18 heavy (non-hydrogen) atoms. The second-order valence-corrected chi connectivity index (χ2v) is 4.93. The molecule has 1 aromatic heterocycles. The summed E-state index contributed by atoms with van der Waals surface area (Å²) in [6.45, 7) is 2.22. The molecule has 1 saturated carbocycles. The van der Waals surface area contributed by atoms with Crippen LogP contribution in [0.5, 0.6) is 5.88 Å². The molecule has 0 aromatic carbocycles. The molecule has 5 nitrogen and oxygen atoms in total. The van der Waals surface area contributed by atoms with Gasteiger partial charge in [0, 0.05) is 0 Å². The molecule has 0 spiro atoms. The van der Waals surface area contributed by atoms with Gasteiger partial charge in [0.15, 0.2) is 0 Å². The van der Waals surface area contributed by atoms with Gasteiger partial charge in [0.1, 0.15) is 11.7 Å². The number of hydrogen-bond donors (Lipinski definition) is 2. The molecule has 0 aliphatic heterocycles. The summed E-state index contributed by atoms with van der Waals surface area (Å²) < 4.78 is 5.70. The molecule has 98 valence electrons. The van der Waals surface area contributed by atoms with E-state index in [0.717, 1.165) is 31.6 Å². The van der Waals surface area contributed by atoms with Crippen LogP contribution in [0.3, 0.4) is 0 Å². The number of carboxylic acids is 1. The molecule has 1 aliphatic carbocycles. The fourth-order valence-electron chi connectivity index (χ4n) is 2.22. The van der Waals surface area contributed by atoms with E-state index in [2.05, 4.69) is 11.9 Å². The fraction of sp³-hybridized carbons (Fsp3) is 0.538. The second-order valence-electron chi connectivity index (χ2n) is 4.93. The molecule has 2 rings (SSSR count). The molecule has 0 atom stereocenters. The van der Waals surface area contributed by atoms with Crippen LogP contribution in [0.4, 0.5) is 5.69 Å². The summed E-state index contributed by atoms with van der Waals surface area (Å²) >= 11 is 0. The topological polar surface area (TPSA) is 85.4 Å². The van der Waals surface area contributed by atoms with Crippen LogP contribution in [0, 0.1) is 5.92 Å². The zero-order valence-corrected chi connectivity index (χ0v) is 10.4. The molecule has 1 fully saturated rings. The van der Waals surface area contributed by atoms with Gasteiger partial charge in [-0.1, -0.05) is 6.92 Å². The lowest BCUT2D eigenvalue weighted by atomic mass is 9.89. The van der Waals surface area contributed by atoms with Crippen LogP contribution in [0.2, 0.25) is 0 Å². The first-order chi connectivity index (χ1) is 8.56. The van der Waals surface area contributed by atoms with E-state index in [-0.39, 0.29) is 17.5 Å². The van der Waals surface area contributed by atoms with Crippen LogP contribution in [-0.2, 0) is 0 Å². The zero-order chi connectivity index (χ0) is 13.1. The Morgan fingerprint density at radius 2 is 2.11 bits per heavy atom. The van der Waals surface area contributed by atoms with Crippen LogP contribution < -0.4 is 10.5 Å². The minimum Gasteiger partial charge on any atom is -0.477 e. The first kappa shape index (κ1) is 12.7. The van der Waals surface area contributed by atoms with Crippen molar-refractivity contribution in [2.24, 2.45) is 5.92 Å². The van der Waals surface area contributed by atoms with Crippen molar-refractivity contribution in [2.75, 3.05) is 5.73 Å². The summed E-state index contributed by atoms with van der Waals surface area (Å²) in [7, 11) is 0. The molecule has 0 amide bonds.